The van der Waals surface area contributed by atoms with Crippen molar-refractivity contribution in [1.29, 1.82) is 0 Å². The van der Waals surface area contributed by atoms with Gasteiger partial charge in [0.25, 0.3) is 5.91 Å². The number of hydrogen-bond acceptors (Lipinski definition) is 5. The van der Waals surface area contributed by atoms with Gasteiger partial charge in [-0.25, -0.2) is 9.48 Å². The number of esters is 1. The van der Waals surface area contributed by atoms with E-state index >= 15 is 0 Å². The number of ether oxygens (including phenoxy) is 1. The molecule has 28 heavy (non-hydrogen) atoms. The van der Waals surface area contributed by atoms with Gasteiger partial charge in [-0.15, -0.1) is 0 Å². The van der Waals surface area contributed by atoms with Gasteiger partial charge in [0, 0.05) is 12.7 Å². The number of benzene rings is 1. The zero-order chi connectivity index (χ0) is 20.1. The Morgan fingerprint density at radius 3 is 2.61 bits per heavy atom. The van der Waals surface area contributed by atoms with E-state index in [0.717, 1.165) is 12.1 Å². The molecule has 1 unspecified atom stereocenters. The van der Waals surface area contributed by atoms with Crippen molar-refractivity contribution in [2.24, 2.45) is 0 Å². The van der Waals surface area contributed by atoms with Crippen molar-refractivity contribution in [3.63, 3.8) is 0 Å². The molecule has 0 bridgehead atoms. The SMILES string of the molecule is CCCNC(=O)C(C)OC(=O)c1cn(-c2ccccc2)nc1-c1ccc(C)o1. The van der Waals surface area contributed by atoms with Crippen LogP contribution in [-0.2, 0) is 9.53 Å². The molecule has 0 fully saturated rings. The molecule has 7 nitrogen and oxygen atoms in total. The maximum Gasteiger partial charge on any atom is 0.342 e. The van der Waals surface area contributed by atoms with Crippen molar-refractivity contribution in [2.75, 3.05) is 6.54 Å². The molecule has 2 heterocycles. The smallest absolute Gasteiger partial charge is 0.342 e. The van der Waals surface area contributed by atoms with Crippen LogP contribution in [0.15, 0.2) is 53.1 Å². The standard InChI is InChI=1S/C21H23N3O4/c1-4-12-22-20(25)15(3)28-21(26)17-13-24(16-8-6-5-7-9-16)23-19(17)18-11-10-14(2)27-18/h5-11,13,15H,4,12H2,1-3H3,(H,22,25). The number of amides is 1. The Balaban J connectivity index is 1.91. The Hall–Kier alpha value is -3.35. The summed E-state index contributed by atoms with van der Waals surface area (Å²) in [5, 5.41) is 7.22. The van der Waals surface area contributed by atoms with E-state index in [0.29, 0.717) is 23.8 Å². The first-order chi connectivity index (χ1) is 13.5. The second-order valence-corrected chi connectivity index (χ2v) is 6.42. The first-order valence-electron chi connectivity index (χ1n) is 9.20. The Morgan fingerprint density at radius 1 is 1.21 bits per heavy atom. The van der Waals surface area contributed by atoms with E-state index < -0.39 is 12.1 Å². The summed E-state index contributed by atoms with van der Waals surface area (Å²) in [7, 11) is 0. The van der Waals surface area contributed by atoms with Crippen molar-refractivity contribution in [3.8, 4) is 17.1 Å². The number of aromatic nitrogens is 2. The third-order valence-corrected chi connectivity index (χ3v) is 4.13. The van der Waals surface area contributed by atoms with Crippen LogP contribution in [0.2, 0.25) is 0 Å². The lowest BCUT2D eigenvalue weighted by Gasteiger charge is -2.12. The van der Waals surface area contributed by atoms with Crippen LogP contribution in [0.1, 0.15) is 36.4 Å². The molecule has 0 aliphatic heterocycles. The molecule has 3 rings (SSSR count). The summed E-state index contributed by atoms with van der Waals surface area (Å²) >= 11 is 0. The van der Waals surface area contributed by atoms with Gasteiger partial charge < -0.3 is 14.5 Å². The van der Waals surface area contributed by atoms with Gasteiger partial charge in [-0.1, -0.05) is 25.1 Å². The molecule has 0 radical (unpaired) electrons. The fraction of sp³-hybridized carbons (Fsp3) is 0.286. The lowest BCUT2D eigenvalue weighted by molar-refractivity contribution is -0.129. The number of nitrogens with zero attached hydrogens (tertiary/aromatic N) is 2. The van der Waals surface area contributed by atoms with E-state index in [9.17, 15) is 9.59 Å². The van der Waals surface area contributed by atoms with Gasteiger partial charge >= 0.3 is 5.97 Å². The number of furan rings is 1. The van der Waals surface area contributed by atoms with Crippen molar-refractivity contribution in [2.45, 2.75) is 33.3 Å². The van der Waals surface area contributed by atoms with Gasteiger partial charge in [0.05, 0.1) is 5.69 Å². The zero-order valence-corrected chi connectivity index (χ0v) is 16.1. The van der Waals surface area contributed by atoms with Crippen molar-refractivity contribution >= 4 is 11.9 Å². The fourth-order valence-corrected chi connectivity index (χ4v) is 2.65. The first-order valence-corrected chi connectivity index (χ1v) is 9.20. The highest BCUT2D eigenvalue weighted by Crippen LogP contribution is 2.26. The maximum atomic E-state index is 12.8. The number of para-hydroxylation sites is 1. The molecule has 1 atom stereocenters. The van der Waals surface area contributed by atoms with E-state index in [2.05, 4.69) is 10.4 Å². The minimum atomic E-state index is -0.912. The summed E-state index contributed by atoms with van der Waals surface area (Å²) < 4.78 is 12.6. The average molecular weight is 381 g/mol. The number of hydrogen-bond donors (Lipinski definition) is 1. The molecular weight excluding hydrogens is 358 g/mol. The highest BCUT2D eigenvalue weighted by atomic mass is 16.5. The Labute approximate surface area is 163 Å². The number of carbonyl (C=O) groups excluding carboxylic acids is 2. The minimum absolute atomic E-state index is 0.230. The van der Waals surface area contributed by atoms with Crippen molar-refractivity contribution in [3.05, 3.63) is 60.0 Å². The first kappa shape index (κ1) is 19.4. The summed E-state index contributed by atoms with van der Waals surface area (Å²) in [6, 6.07) is 13.0. The van der Waals surface area contributed by atoms with Gasteiger partial charge in [-0.2, -0.15) is 5.10 Å². The van der Waals surface area contributed by atoms with Gasteiger partial charge in [0.1, 0.15) is 17.0 Å². The second kappa shape index (κ2) is 8.56. The van der Waals surface area contributed by atoms with Crippen LogP contribution < -0.4 is 5.32 Å². The molecule has 0 aliphatic carbocycles. The van der Waals surface area contributed by atoms with Crippen molar-refractivity contribution < 1.29 is 18.7 Å². The van der Waals surface area contributed by atoms with Gasteiger partial charge in [0.15, 0.2) is 11.9 Å². The molecule has 2 aromatic heterocycles. The molecule has 1 amide bonds. The maximum absolute atomic E-state index is 12.8. The summed E-state index contributed by atoms with van der Waals surface area (Å²) in [6.07, 6.45) is 1.48. The predicted molar refractivity (Wildman–Crippen MR) is 104 cm³/mol. The summed E-state index contributed by atoms with van der Waals surface area (Å²) in [6.45, 7) is 5.84. The number of rotatable bonds is 7. The molecule has 0 saturated carbocycles. The van der Waals surface area contributed by atoms with Crippen LogP contribution in [0.5, 0.6) is 0 Å². The lowest BCUT2D eigenvalue weighted by Crippen LogP contribution is -2.36. The van der Waals surface area contributed by atoms with Gasteiger partial charge in [-0.05, 0) is 44.5 Å². The monoisotopic (exact) mass is 381 g/mol. The molecule has 0 saturated heterocycles. The third-order valence-electron chi connectivity index (χ3n) is 4.13. The molecule has 146 valence electrons. The summed E-state index contributed by atoms with van der Waals surface area (Å²) in [5.74, 6) is 0.199. The molecule has 0 spiro atoms. The van der Waals surface area contributed by atoms with Crippen molar-refractivity contribution in [1.82, 2.24) is 15.1 Å². The number of nitrogens with one attached hydrogen (secondary N) is 1. The van der Waals surface area contributed by atoms with Gasteiger partial charge in [0.2, 0.25) is 0 Å². The average Bonchev–Trinajstić information content (AvgIpc) is 3.33. The van der Waals surface area contributed by atoms with Crippen LogP contribution in [0.3, 0.4) is 0 Å². The fourth-order valence-electron chi connectivity index (χ4n) is 2.65. The zero-order valence-electron chi connectivity index (χ0n) is 16.1. The molecular formula is C21H23N3O4. The number of carbonyl (C=O) groups is 2. The van der Waals surface area contributed by atoms with E-state index in [1.807, 2.05) is 44.2 Å². The normalized spacial score (nSPS) is 11.8. The summed E-state index contributed by atoms with van der Waals surface area (Å²) in [5.41, 5.74) is 1.39. The molecule has 7 heteroatoms. The van der Waals surface area contributed by atoms with Crippen LogP contribution in [0.25, 0.3) is 17.1 Å². The number of aryl methyl sites for hydroxylation is 1. The Bertz CT molecular complexity index is 959. The Morgan fingerprint density at radius 2 is 1.96 bits per heavy atom. The van der Waals surface area contributed by atoms with E-state index in [-0.39, 0.29) is 11.5 Å². The van der Waals surface area contributed by atoms with E-state index in [4.69, 9.17) is 9.15 Å². The van der Waals surface area contributed by atoms with Crippen LogP contribution in [0.4, 0.5) is 0 Å². The summed E-state index contributed by atoms with van der Waals surface area (Å²) in [4.78, 5) is 24.8. The minimum Gasteiger partial charge on any atom is -0.460 e. The van der Waals surface area contributed by atoms with E-state index in [1.165, 1.54) is 0 Å². The van der Waals surface area contributed by atoms with E-state index in [1.54, 1.807) is 29.9 Å². The molecule has 1 N–H and O–H groups in total. The molecule has 0 aliphatic rings. The van der Waals surface area contributed by atoms with Crippen LogP contribution >= 0.6 is 0 Å². The molecule has 1 aromatic carbocycles. The lowest BCUT2D eigenvalue weighted by atomic mass is 10.2. The highest BCUT2D eigenvalue weighted by molar-refractivity contribution is 5.97. The second-order valence-electron chi connectivity index (χ2n) is 6.42. The highest BCUT2D eigenvalue weighted by Gasteiger charge is 2.25. The topological polar surface area (TPSA) is 86.4 Å². The van der Waals surface area contributed by atoms with Crippen LogP contribution in [-0.4, -0.2) is 34.3 Å². The van der Waals surface area contributed by atoms with Crippen LogP contribution in [0, 0.1) is 6.92 Å². The van der Waals surface area contributed by atoms with Gasteiger partial charge in [-0.3, -0.25) is 4.79 Å². The third kappa shape index (κ3) is 4.31. The predicted octanol–water partition coefficient (Wildman–Crippen LogP) is 3.51. The Kier molecular flexibility index (Phi) is 5.93. The quantitative estimate of drug-likeness (QED) is 0.633. The largest absolute Gasteiger partial charge is 0.460 e. The molecule has 3 aromatic rings.